The summed E-state index contributed by atoms with van der Waals surface area (Å²) in [6.07, 6.45) is 2.95. The first-order chi connectivity index (χ1) is 8.05. The Kier molecular flexibility index (Phi) is 3.28. The van der Waals surface area contributed by atoms with Crippen molar-refractivity contribution < 1.29 is 0 Å². The first kappa shape index (κ1) is 11.8. The van der Waals surface area contributed by atoms with Crippen molar-refractivity contribution in [3.63, 3.8) is 0 Å². The SMILES string of the molecule is CC(C)(C)c1ccc(Cc2ccccc2)cn1. The zero-order chi connectivity index (χ0) is 12.3. The van der Waals surface area contributed by atoms with E-state index in [-0.39, 0.29) is 5.41 Å². The van der Waals surface area contributed by atoms with Crippen molar-refractivity contribution in [3.8, 4) is 0 Å². The zero-order valence-electron chi connectivity index (χ0n) is 10.8. The molecule has 1 heterocycles. The molecular weight excluding hydrogens is 206 g/mol. The molecule has 0 atom stereocenters. The lowest BCUT2D eigenvalue weighted by molar-refractivity contribution is 0.568. The van der Waals surface area contributed by atoms with Crippen LogP contribution in [0.5, 0.6) is 0 Å². The molecule has 88 valence electrons. The van der Waals surface area contributed by atoms with Crippen LogP contribution in [0.3, 0.4) is 0 Å². The average Bonchev–Trinajstić information content (AvgIpc) is 2.30. The number of aromatic nitrogens is 1. The average molecular weight is 225 g/mol. The van der Waals surface area contributed by atoms with Gasteiger partial charge in [0.05, 0.1) is 0 Å². The van der Waals surface area contributed by atoms with Crippen molar-refractivity contribution in [2.45, 2.75) is 32.6 Å². The minimum absolute atomic E-state index is 0.130. The molecule has 2 aromatic rings. The molecule has 1 aromatic carbocycles. The number of benzene rings is 1. The molecule has 0 N–H and O–H groups in total. The fourth-order valence-corrected chi connectivity index (χ4v) is 1.80. The maximum absolute atomic E-state index is 4.55. The number of hydrogen-bond donors (Lipinski definition) is 0. The van der Waals surface area contributed by atoms with E-state index in [0.29, 0.717) is 0 Å². The van der Waals surface area contributed by atoms with Crippen LogP contribution in [0.2, 0.25) is 0 Å². The van der Waals surface area contributed by atoms with E-state index in [1.807, 2.05) is 12.3 Å². The highest BCUT2D eigenvalue weighted by atomic mass is 14.7. The van der Waals surface area contributed by atoms with Gasteiger partial charge < -0.3 is 0 Å². The van der Waals surface area contributed by atoms with Crippen LogP contribution in [-0.4, -0.2) is 4.98 Å². The number of nitrogens with zero attached hydrogens (tertiary/aromatic N) is 1. The molecular formula is C16H19N. The second-order valence-electron chi connectivity index (χ2n) is 5.46. The molecule has 0 saturated carbocycles. The Morgan fingerprint density at radius 2 is 1.59 bits per heavy atom. The molecule has 2 rings (SSSR count). The molecule has 0 fully saturated rings. The van der Waals surface area contributed by atoms with Gasteiger partial charge in [-0.15, -0.1) is 0 Å². The quantitative estimate of drug-likeness (QED) is 0.753. The molecule has 0 unspecified atom stereocenters. The molecule has 0 radical (unpaired) electrons. The third-order valence-electron chi connectivity index (χ3n) is 2.84. The van der Waals surface area contributed by atoms with E-state index in [4.69, 9.17) is 0 Å². The number of rotatable bonds is 2. The lowest BCUT2D eigenvalue weighted by Gasteiger charge is -2.17. The van der Waals surface area contributed by atoms with Crippen molar-refractivity contribution in [2.75, 3.05) is 0 Å². The van der Waals surface area contributed by atoms with Gasteiger partial charge in [-0.2, -0.15) is 0 Å². The van der Waals surface area contributed by atoms with E-state index in [2.05, 4.69) is 62.2 Å². The van der Waals surface area contributed by atoms with Crippen LogP contribution >= 0.6 is 0 Å². The highest BCUT2D eigenvalue weighted by molar-refractivity contribution is 5.26. The Balaban J connectivity index is 2.14. The molecule has 0 spiro atoms. The van der Waals surface area contributed by atoms with Gasteiger partial charge in [-0.25, -0.2) is 0 Å². The summed E-state index contributed by atoms with van der Waals surface area (Å²) in [4.78, 5) is 4.55. The Labute approximate surface area is 104 Å². The normalized spacial score (nSPS) is 11.5. The summed E-state index contributed by atoms with van der Waals surface area (Å²) >= 11 is 0. The van der Waals surface area contributed by atoms with E-state index in [1.54, 1.807) is 0 Å². The van der Waals surface area contributed by atoms with Gasteiger partial charge in [0.1, 0.15) is 0 Å². The highest BCUT2D eigenvalue weighted by Gasteiger charge is 2.14. The molecule has 0 aliphatic rings. The van der Waals surface area contributed by atoms with E-state index in [1.165, 1.54) is 11.1 Å². The molecule has 1 nitrogen and oxygen atoms in total. The van der Waals surface area contributed by atoms with Crippen LogP contribution in [0.4, 0.5) is 0 Å². The standard InChI is InChI=1S/C16H19N/c1-16(2,3)15-10-9-14(12-17-15)11-13-7-5-4-6-8-13/h4-10,12H,11H2,1-3H3. The molecule has 1 aromatic heterocycles. The Bertz CT molecular complexity index is 463. The van der Waals surface area contributed by atoms with Crippen LogP contribution in [0.1, 0.15) is 37.6 Å². The number of hydrogen-bond acceptors (Lipinski definition) is 1. The van der Waals surface area contributed by atoms with Gasteiger partial charge >= 0.3 is 0 Å². The molecule has 0 saturated heterocycles. The summed E-state index contributed by atoms with van der Waals surface area (Å²) in [6, 6.07) is 14.8. The molecule has 0 aliphatic heterocycles. The van der Waals surface area contributed by atoms with Gasteiger partial charge in [0.25, 0.3) is 0 Å². The summed E-state index contributed by atoms with van der Waals surface area (Å²) in [5, 5.41) is 0. The monoisotopic (exact) mass is 225 g/mol. The van der Waals surface area contributed by atoms with Crippen LogP contribution in [0, 0.1) is 0 Å². The Morgan fingerprint density at radius 1 is 0.882 bits per heavy atom. The smallest absolute Gasteiger partial charge is 0.0457 e. The summed E-state index contributed by atoms with van der Waals surface area (Å²) in [5.41, 5.74) is 3.88. The van der Waals surface area contributed by atoms with Crippen molar-refractivity contribution >= 4 is 0 Å². The Hall–Kier alpha value is -1.63. The van der Waals surface area contributed by atoms with Crippen molar-refractivity contribution in [3.05, 3.63) is 65.5 Å². The van der Waals surface area contributed by atoms with E-state index < -0.39 is 0 Å². The van der Waals surface area contributed by atoms with E-state index in [9.17, 15) is 0 Å². The molecule has 0 aliphatic carbocycles. The highest BCUT2D eigenvalue weighted by Crippen LogP contribution is 2.20. The molecule has 1 heteroatoms. The fraction of sp³-hybridized carbons (Fsp3) is 0.312. The first-order valence-electron chi connectivity index (χ1n) is 6.05. The number of pyridine rings is 1. The van der Waals surface area contributed by atoms with Gasteiger partial charge in [-0.05, 0) is 23.6 Å². The van der Waals surface area contributed by atoms with Gasteiger partial charge in [0.15, 0.2) is 0 Å². The minimum Gasteiger partial charge on any atom is -0.260 e. The second kappa shape index (κ2) is 4.70. The first-order valence-corrected chi connectivity index (χ1v) is 6.05. The van der Waals surface area contributed by atoms with Gasteiger partial charge in [0, 0.05) is 17.3 Å². The van der Waals surface area contributed by atoms with Crippen molar-refractivity contribution in [1.82, 2.24) is 4.98 Å². The Morgan fingerprint density at radius 3 is 2.12 bits per heavy atom. The summed E-state index contributed by atoms with van der Waals surface area (Å²) in [6.45, 7) is 6.56. The van der Waals surface area contributed by atoms with Crippen molar-refractivity contribution in [1.29, 1.82) is 0 Å². The van der Waals surface area contributed by atoms with Crippen LogP contribution in [0.15, 0.2) is 48.7 Å². The van der Waals surface area contributed by atoms with Gasteiger partial charge in [-0.3, -0.25) is 4.98 Å². The van der Waals surface area contributed by atoms with E-state index >= 15 is 0 Å². The zero-order valence-corrected chi connectivity index (χ0v) is 10.8. The van der Waals surface area contributed by atoms with Crippen LogP contribution in [-0.2, 0) is 11.8 Å². The van der Waals surface area contributed by atoms with Crippen molar-refractivity contribution in [2.24, 2.45) is 0 Å². The van der Waals surface area contributed by atoms with Crippen LogP contribution < -0.4 is 0 Å². The van der Waals surface area contributed by atoms with E-state index in [0.717, 1.165) is 12.1 Å². The van der Waals surface area contributed by atoms with Gasteiger partial charge in [0.2, 0.25) is 0 Å². The summed E-state index contributed by atoms with van der Waals surface area (Å²) in [5.74, 6) is 0. The summed E-state index contributed by atoms with van der Waals surface area (Å²) < 4.78 is 0. The predicted octanol–water partition coefficient (Wildman–Crippen LogP) is 3.97. The predicted molar refractivity (Wildman–Crippen MR) is 72.2 cm³/mol. The second-order valence-corrected chi connectivity index (χ2v) is 5.46. The summed E-state index contributed by atoms with van der Waals surface area (Å²) in [7, 11) is 0. The fourth-order valence-electron chi connectivity index (χ4n) is 1.80. The maximum Gasteiger partial charge on any atom is 0.0457 e. The van der Waals surface area contributed by atoms with Gasteiger partial charge in [-0.1, -0.05) is 57.2 Å². The molecule has 0 amide bonds. The lowest BCUT2D eigenvalue weighted by atomic mass is 9.91. The minimum atomic E-state index is 0.130. The molecule has 0 bridgehead atoms. The largest absolute Gasteiger partial charge is 0.260 e. The lowest BCUT2D eigenvalue weighted by Crippen LogP contribution is -2.13. The topological polar surface area (TPSA) is 12.9 Å². The third-order valence-corrected chi connectivity index (χ3v) is 2.84. The maximum atomic E-state index is 4.55. The molecule has 17 heavy (non-hydrogen) atoms. The van der Waals surface area contributed by atoms with Crippen LogP contribution in [0.25, 0.3) is 0 Å². The third kappa shape index (κ3) is 3.16.